The van der Waals surface area contributed by atoms with Crippen molar-refractivity contribution < 1.29 is 9.21 Å². The van der Waals surface area contributed by atoms with Crippen molar-refractivity contribution in [3.63, 3.8) is 0 Å². The van der Waals surface area contributed by atoms with Crippen LogP contribution in [0.3, 0.4) is 0 Å². The Morgan fingerprint density at radius 3 is 3.00 bits per heavy atom. The summed E-state index contributed by atoms with van der Waals surface area (Å²) in [6.45, 7) is 1.76. The van der Waals surface area contributed by atoms with Crippen LogP contribution in [0.2, 0.25) is 0 Å². The maximum atomic E-state index is 11.8. The van der Waals surface area contributed by atoms with Gasteiger partial charge >= 0.3 is 0 Å². The fourth-order valence-electron chi connectivity index (χ4n) is 1.32. The van der Waals surface area contributed by atoms with E-state index in [0.717, 1.165) is 0 Å². The van der Waals surface area contributed by atoms with Gasteiger partial charge in [-0.25, -0.2) is 0 Å². The molecule has 0 saturated carbocycles. The van der Waals surface area contributed by atoms with Crippen molar-refractivity contribution in [3.8, 4) is 0 Å². The second kappa shape index (κ2) is 4.38. The van der Waals surface area contributed by atoms with Gasteiger partial charge in [-0.1, -0.05) is 12.2 Å². The molecule has 6 nitrogen and oxygen atoms in total. The molecule has 7 heteroatoms. The van der Waals surface area contributed by atoms with Crippen LogP contribution in [0.5, 0.6) is 0 Å². The van der Waals surface area contributed by atoms with Crippen molar-refractivity contribution in [2.75, 3.05) is 5.32 Å². The number of nitrogens with zero attached hydrogens (tertiary/aromatic N) is 1. The summed E-state index contributed by atoms with van der Waals surface area (Å²) in [5.74, 6) is 0.722. The van der Waals surface area contributed by atoms with E-state index in [0.29, 0.717) is 22.7 Å². The molecule has 0 unspecified atom stereocenters. The molecule has 0 aliphatic rings. The second-order valence-corrected chi connectivity index (χ2v) is 3.86. The predicted octanol–water partition coefficient (Wildman–Crippen LogP) is 1.20. The number of hydrogen-bond donors (Lipinski definition) is 3. The molecule has 0 spiro atoms. The minimum Gasteiger partial charge on any atom is -0.469 e. The average molecular weight is 250 g/mol. The maximum Gasteiger partial charge on any atom is 0.260 e. The summed E-state index contributed by atoms with van der Waals surface area (Å²) in [4.78, 5) is 12.0. The number of aromatic nitrogens is 2. The number of anilines is 1. The number of aromatic amines is 1. The van der Waals surface area contributed by atoms with E-state index in [1.54, 1.807) is 13.0 Å². The van der Waals surface area contributed by atoms with Crippen LogP contribution >= 0.6 is 12.2 Å². The fraction of sp³-hybridized carbons (Fsp3) is 0.100. The van der Waals surface area contributed by atoms with Gasteiger partial charge in [0, 0.05) is 0 Å². The summed E-state index contributed by atoms with van der Waals surface area (Å²) in [5, 5.41) is 9.00. The third kappa shape index (κ3) is 2.34. The van der Waals surface area contributed by atoms with Crippen LogP contribution in [0.15, 0.2) is 22.9 Å². The Labute approximate surface area is 102 Å². The van der Waals surface area contributed by atoms with Crippen LogP contribution in [0, 0.1) is 6.92 Å². The fourth-order valence-corrected chi connectivity index (χ4v) is 1.47. The van der Waals surface area contributed by atoms with E-state index in [1.807, 2.05) is 0 Å². The lowest BCUT2D eigenvalue weighted by Gasteiger charge is -2.02. The minimum absolute atomic E-state index is 0.164. The van der Waals surface area contributed by atoms with Gasteiger partial charge in [0.2, 0.25) is 0 Å². The minimum atomic E-state index is -0.316. The number of carbonyl (C=O) groups excluding carboxylic acids is 1. The van der Waals surface area contributed by atoms with Crippen molar-refractivity contribution >= 4 is 28.9 Å². The van der Waals surface area contributed by atoms with Gasteiger partial charge in [0.15, 0.2) is 0 Å². The largest absolute Gasteiger partial charge is 0.469 e. The van der Waals surface area contributed by atoms with E-state index in [-0.39, 0.29) is 10.9 Å². The lowest BCUT2D eigenvalue weighted by molar-refractivity contribution is 0.102. The van der Waals surface area contributed by atoms with Gasteiger partial charge < -0.3 is 15.5 Å². The highest BCUT2D eigenvalue weighted by Crippen LogP contribution is 2.13. The van der Waals surface area contributed by atoms with Gasteiger partial charge in [-0.2, -0.15) is 5.10 Å². The summed E-state index contributed by atoms with van der Waals surface area (Å²) in [6, 6.07) is 1.63. The highest BCUT2D eigenvalue weighted by Gasteiger charge is 2.13. The molecular formula is C10H10N4O2S. The molecule has 0 aliphatic heterocycles. The topological polar surface area (TPSA) is 96.9 Å². The molecule has 88 valence electrons. The Hall–Kier alpha value is -2.15. The summed E-state index contributed by atoms with van der Waals surface area (Å²) < 4.78 is 5.05. The Kier molecular flexibility index (Phi) is 2.92. The first-order valence-corrected chi connectivity index (χ1v) is 5.18. The summed E-state index contributed by atoms with van der Waals surface area (Å²) in [6.07, 6.45) is 2.83. The standard InChI is InChI=1S/C10H10N4O2S/c1-5-2-6(4-16-5)10(15)13-9-7(8(11)17)3-12-14-9/h2-4H,1H3,(H2,11,17)(H2,12,13,14,15). The molecule has 0 aromatic carbocycles. The molecule has 2 aromatic heterocycles. The molecule has 4 N–H and O–H groups in total. The number of rotatable bonds is 3. The first kappa shape index (κ1) is 11.3. The van der Waals surface area contributed by atoms with Crippen LogP contribution in [0.1, 0.15) is 21.7 Å². The number of carbonyl (C=O) groups is 1. The molecule has 0 saturated heterocycles. The molecule has 0 aliphatic carbocycles. The number of amides is 1. The van der Waals surface area contributed by atoms with E-state index < -0.39 is 0 Å². The number of hydrogen-bond acceptors (Lipinski definition) is 4. The molecule has 2 heterocycles. The van der Waals surface area contributed by atoms with Gasteiger partial charge in [0.1, 0.15) is 22.8 Å². The van der Waals surface area contributed by atoms with E-state index in [9.17, 15) is 4.79 Å². The second-order valence-electron chi connectivity index (χ2n) is 3.42. The molecular weight excluding hydrogens is 240 g/mol. The van der Waals surface area contributed by atoms with Crippen molar-refractivity contribution in [1.29, 1.82) is 0 Å². The molecule has 17 heavy (non-hydrogen) atoms. The van der Waals surface area contributed by atoms with E-state index in [1.165, 1.54) is 12.5 Å². The van der Waals surface area contributed by atoms with Gasteiger partial charge in [0.05, 0.1) is 17.3 Å². The van der Waals surface area contributed by atoms with E-state index >= 15 is 0 Å². The Morgan fingerprint density at radius 2 is 2.41 bits per heavy atom. The molecule has 0 bridgehead atoms. The van der Waals surface area contributed by atoms with E-state index in [4.69, 9.17) is 22.4 Å². The summed E-state index contributed by atoms with van der Waals surface area (Å²) in [7, 11) is 0. The zero-order valence-electron chi connectivity index (χ0n) is 8.98. The lowest BCUT2D eigenvalue weighted by atomic mass is 10.3. The lowest BCUT2D eigenvalue weighted by Crippen LogP contribution is -2.16. The van der Waals surface area contributed by atoms with Crippen molar-refractivity contribution in [2.24, 2.45) is 5.73 Å². The first-order chi connectivity index (χ1) is 8.08. The van der Waals surface area contributed by atoms with Crippen molar-refractivity contribution in [3.05, 3.63) is 35.4 Å². The summed E-state index contributed by atoms with van der Waals surface area (Å²) >= 11 is 4.82. The number of thiocarbonyl (C=S) groups is 1. The monoisotopic (exact) mass is 250 g/mol. The van der Waals surface area contributed by atoms with E-state index in [2.05, 4.69) is 15.5 Å². The van der Waals surface area contributed by atoms with Gasteiger partial charge in [0.25, 0.3) is 5.91 Å². The molecule has 0 atom stereocenters. The number of furan rings is 1. The predicted molar refractivity (Wildman–Crippen MR) is 65.9 cm³/mol. The maximum absolute atomic E-state index is 11.8. The average Bonchev–Trinajstić information content (AvgIpc) is 2.86. The van der Waals surface area contributed by atoms with Gasteiger partial charge in [-0.05, 0) is 13.0 Å². The molecule has 0 radical (unpaired) electrons. The molecule has 2 aromatic rings. The van der Waals surface area contributed by atoms with Crippen LogP contribution < -0.4 is 11.1 Å². The SMILES string of the molecule is Cc1cc(C(=O)Nc2[nH]ncc2C(N)=S)co1. The summed E-state index contributed by atoms with van der Waals surface area (Å²) in [5.41, 5.74) is 6.40. The Morgan fingerprint density at radius 1 is 1.65 bits per heavy atom. The normalized spacial score (nSPS) is 10.2. The zero-order chi connectivity index (χ0) is 12.4. The number of aryl methyl sites for hydroxylation is 1. The zero-order valence-corrected chi connectivity index (χ0v) is 9.80. The Bertz CT molecular complexity index is 572. The van der Waals surface area contributed by atoms with Crippen LogP contribution in [0.4, 0.5) is 5.82 Å². The molecule has 2 rings (SSSR count). The molecule has 1 amide bonds. The van der Waals surface area contributed by atoms with Crippen molar-refractivity contribution in [1.82, 2.24) is 10.2 Å². The van der Waals surface area contributed by atoms with Crippen LogP contribution in [0.25, 0.3) is 0 Å². The smallest absolute Gasteiger partial charge is 0.260 e. The van der Waals surface area contributed by atoms with Gasteiger partial charge in [-0.3, -0.25) is 9.89 Å². The van der Waals surface area contributed by atoms with Crippen molar-refractivity contribution in [2.45, 2.75) is 6.92 Å². The van der Waals surface area contributed by atoms with Crippen LogP contribution in [-0.2, 0) is 0 Å². The third-order valence-electron chi connectivity index (χ3n) is 2.14. The highest BCUT2D eigenvalue weighted by molar-refractivity contribution is 7.80. The molecule has 0 fully saturated rings. The highest BCUT2D eigenvalue weighted by atomic mass is 32.1. The number of nitrogens with one attached hydrogen (secondary N) is 2. The van der Waals surface area contributed by atoms with Crippen LogP contribution in [-0.4, -0.2) is 21.1 Å². The Balaban J connectivity index is 2.18. The number of H-pyrrole nitrogens is 1. The quantitative estimate of drug-likeness (QED) is 0.711. The third-order valence-corrected chi connectivity index (χ3v) is 2.36. The first-order valence-electron chi connectivity index (χ1n) is 4.77. The number of nitrogens with two attached hydrogens (primary N) is 1. The van der Waals surface area contributed by atoms with Gasteiger partial charge in [-0.15, -0.1) is 0 Å².